The number of rotatable bonds is 5. The minimum absolute atomic E-state index is 0.0506. The molecular weight excluding hydrogens is 486 g/mol. The Balaban J connectivity index is 1.59. The third-order valence-electron chi connectivity index (χ3n) is 4.81. The second kappa shape index (κ2) is 10.4. The molecule has 1 amide bonds. The van der Waals surface area contributed by atoms with Crippen LogP contribution in [0.15, 0.2) is 71.7 Å². The first-order valence-electron chi connectivity index (χ1n) is 10.1. The number of amides is 1. The van der Waals surface area contributed by atoms with Crippen molar-refractivity contribution in [3.8, 4) is 11.3 Å². The fourth-order valence-corrected chi connectivity index (χ4v) is 3.27. The van der Waals surface area contributed by atoms with Gasteiger partial charge in [0.2, 0.25) is 5.96 Å². The Labute approximate surface area is 201 Å². The lowest BCUT2D eigenvalue weighted by molar-refractivity contribution is 0.100. The largest absolute Gasteiger partial charge is 0.352 e. The van der Waals surface area contributed by atoms with Crippen LogP contribution in [0, 0.1) is 23.3 Å². The molecule has 3 N–H and O–H groups in total. The van der Waals surface area contributed by atoms with E-state index in [-0.39, 0.29) is 23.1 Å². The molecule has 0 aliphatic rings. The molecule has 0 unspecified atom stereocenters. The summed E-state index contributed by atoms with van der Waals surface area (Å²) in [5, 5.41) is 12.7. The van der Waals surface area contributed by atoms with Gasteiger partial charge in [-0.15, -0.1) is 0 Å². The maximum absolute atomic E-state index is 13.6. The topological polar surface area (TPSA) is 82.2 Å². The first-order valence-corrected chi connectivity index (χ1v) is 10.5. The molecule has 4 rings (SSSR count). The Bertz CT molecular complexity index is 1410. The highest BCUT2D eigenvalue weighted by molar-refractivity contribution is 6.31. The van der Waals surface area contributed by atoms with Crippen LogP contribution in [-0.4, -0.2) is 22.1 Å². The molecule has 6 nitrogen and oxygen atoms in total. The Hall–Kier alpha value is -4.18. The molecule has 11 heteroatoms. The zero-order chi connectivity index (χ0) is 24.9. The number of halogens is 5. The number of nitrogens with zero attached hydrogens (tertiary/aromatic N) is 2. The number of anilines is 1. The van der Waals surface area contributed by atoms with Crippen LogP contribution in [0.3, 0.4) is 0 Å². The highest BCUT2D eigenvalue weighted by atomic mass is 35.5. The first kappa shape index (κ1) is 24.0. The fraction of sp³-hybridized carbons (Fsp3) is 0.0417. The lowest BCUT2D eigenvalue weighted by Crippen LogP contribution is -2.31. The predicted molar refractivity (Wildman–Crippen MR) is 124 cm³/mol. The molecule has 0 aliphatic carbocycles. The van der Waals surface area contributed by atoms with Crippen molar-refractivity contribution < 1.29 is 22.4 Å². The zero-order valence-corrected chi connectivity index (χ0v) is 18.5. The normalized spacial score (nSPS) is 11.4. The van der Waals surface area contributed by atoms with E-state index >= 15 is 0 Å². The van der Waals surface area contributed by atoms with E-state index in [0.29, 0.717) is 22.6 Å². The van der Waals surface area contributed by atoms with Crippen LogP contribution in [0.4, 0.5) is 23.4 Å². The van der Waals surface area contributed by atoms with Crippen molar-refractivity contribution in [1.29, 1.82) is 0 Å². The number of benzene rings is 3. The molecule has 35 heavy (non-hydrogen) atoms. The molecule has 1 heterocycles. The van der Waals surface area contributed by atoms with Crippen LogP contribution in [0.25, 0.3) is 11.3 Å². The molecule has 0 aliphatic heterocycles. The Morgan fingerprint density at radius 2 is 1.66 bits per heavy atom. The Kier molecular flexibility index (Phi) is 7.11. The molecule has 0 fully saturated rings. The van der Waals surface area contributed by atoms with Gasteiger partial charge >= 0.3 is 0 Å². The van der Waals surface area contributed by atoms with Gasteiger partial charge in [-0.2, -0.15) is 10.1 Å². The van der Waals surface area contributed by atoms with E-state index in [9.17, 15) is 22.4 Å². The summed E-state index contributed by atoms with van der Waals surface area (Å²) < 4.78 is 53.3. The van der Waals surface area contributed by atoms with Crippen LogP contribution in [-0.2, 0) is 6.54 Å². The highest BCUT2D eigenvalue weighted by Gasteiger charge is 2.13. The Morgan fingerprint density at radius 1 is 0.914 bits per heavy atom. The van der Waals surface area contributed by atoms with Crippen molar-refractivity contribution in [3.63, 3.8) is 0 Å². The molecule has 0 radical (unpaired) electrons. The van der Waals surface area contributed by atoms with Gasteiger partial charge in [0.1, 0.15) is 17.5 Å². The first-order chi connectivity index (χ1) is 16.8. The van der Waals surface area contributed by atoms with Crippen LogP contribution in [0.5, 0.6) is 0 Å². The third kappa shape index (κ3) is 6.04. The van der Waals surface area contributed by atoms with Crippen LogP contribution in [0.1, 0.15) is 15.9 Å². The molecular formula is C24H16ClF4N5O. The number of hydrogen-bond donors (Lipinski definition) is 3. The third-order valence-corrected chi connectivity index (χ3v) is 5.16. The Morgan fingerprint density at radius 3 is 2.37 bits per heavy atom. The van der Waals surface area contributed by atoms with Gasteiger partial charge in [-0.25, -0.2) is 17.6 Å². The summed E-state index contributed by atoms with van der Waals surface area (Å²) in [4.78, 5) is 16.5. The number of hydrogen-bond acceptors (Lipinski definition) is 2. The summed E-state index contributed by atoms with van der Waals surface area (Å²) in [5.74, 6) is -3.81. The standard InChI is InChI=1S/C24H16ClF4N5O/c25-18-10-17(27)7-3-15(18)12-30-24(32-23(35)14-4-8-19(28)20(29)9-14)31-22-11-21(33-34-22)13-1-5-16(26)6-2-13/h1-11H,12H2,(H3,30,31,32,33,34,35). The highest BCUT2D eigenvalue weighted by Crippen LogP contribution is 2.21. The average Bonchev–Trinajstić information content (AvgIpc) is 3.29. The summed E-state index contributed by atoms with van der Waals surface area (Å²) in [7, 11) is 0. The summed E-state index contributed by atoms with van der Waals surface area (Å²) in [6.45, 7) is 0.0506. The summed E-state index contributed by atoms with van der Waals surface area (Å²) in [6, 6.07) is 13.7. The van der Waals surface area contributed by atoms with Gasteiger partial charge in [-0.05, 0) is 60.2 Å². The van der Waals surface area contributed by atoms with Gasteiger partial charge in [0.15, 0.2) is 11.6 Å². The van der Waals surface area contributed by atoms with Gasteiger partial charge in [0.05, 0.1) is 5.69 Å². The van der Waals surface area contributed by atoms with E-state index in [4.69, 9.17) is 11.6 Å². The lowest BCUT2D eigenvalue weighted by Gasteiger charge is -2.12. The number of carbonyl (C=O) groups excluding carboxylic acids is 1. The quantitative estimate of drug-likeness (QED) is 0.186. The smallest absolute Gasteiger partial charge is 0.280 e. The van der Waals surface area contributed by atoms with Crippen molar-refractivity contribution in [3.05, 3.63) is 106 Å². The second-order valence-electron chi connectivity index (χ2n) is 7.28. The van der Waals surface area contributed by atoms with Crippen LogP contribution >= 0.6 is 11.6 Å². The van der Waals surface area contributed by atoms with Crippen LogP contribution < -0.4 is 10.6 Å². The van der Waals surface area contributed by atoms with E-state index in [1.54, 1.807) is 18.2 Å². The zero-order valence-electron chi connectivity index (χ0n) is 17.8. The van der Waals surface area contributed by atoms with E-state index in [1.165, 1.54) is 24.3 Å². The van der Waals surface area contributed by atoms with Gasteiger partial charge < -0.3 is 10.6 Å². The summed E-state index contributed by atoms with van der Waals surface area (Å²) in [5.41, 5.74) is 1.46. The molecule has 0 saturated carbocycles. The van der Waals surface area contributed by atoms with Crippen molar-refractivity contribution >= 4 is 29.3 Å². The lowest BCUT2D eigenvalue weighted by atomic mass is 10.1. The van der Waals surface area contributed by atoms with Gasteiger partial charge in [-0.1, -0.05) is 17.7 Å². The van der Waals surface area contributed by atoms with E-state index in [0.717, 1.165) is 24.3 Å². The van der Waals surface area contributed by atoms with Crippen molar-refractivity contribution in [1.82, 2.24) is 15.5 Å². The van der Waals surface area contributed by atoms with Crippen LogP contribution in [0.2, 0.25) is 5.02 Å². The number of aromatic nitrogens is 2. The number of nitrogens with one attached hydrogen (secondary N) is 3. The fourth-order valence-electron chi connectivity index (χ4n) is 3.03. The number of aromatic amines is 1. The number of carbonyl (C=O) groups is 1. The number of aliphatic imine (C=N–C) groups is 1. The van der Waals surface area contributed by atoms with E-state index in [1.807, 2.05) is 0 Å². The SMILES string of the molecule is O=C(/N=C(/NCc1ccc(F)cc1Cl)Nc1cc(-c2ccc(F)cc2)n[nH]1)c1ccc(F)c(F)c1. The van der Waals surface area contributed by atoms with Gasteiger partial charge in [0.25, 0.3) is 5.91 Å². The molecule has 1 aromatic heterocycles. The number of H-pyrrole nitrogens is 1. The minimum atomic E-state index is -1.19. The maximum atomic E-state index is 13.6. The molecule has 4 aromatic rings. The predicted octanol–water partition coefficient (Wildman–Crippen LogP) is 5.68. The maximum Gasteiger partial charge on any atom is 0.280 e. The molecule has 0 saturated heterocycles. The van der Waals surface area contributed by atoms with Crippen molar-refractivity contribution in [2.24, 2.45) is 4.99 Å². The summed E-state index contributed by atoms with van der Waals surface area (Å²) in [6.07, 6.45) is 0. The second-order valence-corrected chi connectivity index (χ2v) is 7.69. The average molecular weight is 502 g/mol. The van der Waals surface area contributed by atoms with Gasteiger partial charge in [0, 0.05) is 28.8 Å². The van der Waals surface area contributed by atoms with Gasteiger partial charge in [-0.3, -0.25) is 9.89 Å². The van der Waals surface area contributed by atoms with Crippen molar-refractivity contribution in [2.45, 2.75) is 6.54 Å². The van der Waals surface area contributed by atoms with Crippen molar-refractivity contribution in [2.75, 3.05) is 5.32 Å². The summed E-state index contributed by atoms with van der Waals surface area (Å²) >= 11 is 6.06. The minimum Gasteiger partial charge on any atom is -0.352 e. The molecule has 0 bridgehead atoms. The molecule has 0 spiro atoms. The van der Waals surface area contributed by atoms with E-state index in [2.05, 4.69) is 25.8 Å². The molecule has 0 atom stereocenters. The number of guanidine groups is 1. The molecule has 178 valence electrons. The van der Waals surface area contributed by atoms with E-state index < -0.39 is 29.2 Å². The molecule has 3 aromatic carbocycles. The monoisotopic (exact) mass is 501 g/mol.